The highest BCUT2D eigenvalue weighted by atomic mass is 16.7. The van der Waals surface area contributed by atoms with Crippen LogP contribution in [0.4, 0.5) is 0 Å². The number of carbonyl (C=O) groups excluding carboxylic acids is 2. The van der Waals surface area contributed by atoms with E-state index in [-0.39, 0.29) is 24.4 Å². The summed E-state index contributed by atoms with van der Waals surface area (Å²) < 4.78 is 11.2. The van der Waals surface area contributed by atoms with Crippen LogP contribution in [0.1, 0.15) is 37.4 Å². The first-order valence-corrected chi connectivity index (χ1v) is 12.8. The van der Waals surface area contributed by atoms with Crippen molar-refractivity contribution in [3.05, 3.63) is 119 Å². The van der Waals surface area contributed by atoms with Gasteiger partial charge in [-0.05, 0) is 30.0 Å². The number of carbonyl (C=O) groups is 2. The van der Waals surface area contributed by atoms with E-state index in [9.17, 15) is 9.59 Å². The number of Topliss-reactive ketones (excluding diaryl/α,β-unsaturated/α-hetero) is 2. The number of piperazine rings is 1. The van der Waals surface area contributed by atoms with E-state index >= 15 is 0 Å². The number of ketones is 2. The Hall–Kier alpha value is -3.74. The molecule has 0 amide bonds. The minimum Gasteiger partial charge on any atom is -0.462 e. The zero-order chi connectivity index (χ0) is 25.4. The highest BCUT2D eigenvalue weighted by Gasteiger charge is 2.58. The molecule has 6 nitrogen and oxygen atoms in total. The van der Waals surface area contributed by atoms with Crippen LogP contribution in [0.5, 0.6) is 0 Å². The lowest BCUT2D eigenvalue weighted by molar-refractivity contribution is 0.0137. The molecule has 1 aliphatic carbocycles. The van der Waals surface area contributed by atoms with Gasteiger partial charge in [0.1, 0.15) is 6.26 Å². The van der Waals surface area contributed by atoms with Crippen LogP contribution in [-0.4, -0.2) is 60.4 Å². The lowest BCUT2D eigenvalue weighted by atomic mass is 9.82. The summed E-state index contributed by atoms with van der Waals surface area (Å²) in [6, 6.07) is 25.5. The lowest BCUT2D eigenvalue weighted by Gasteiger charge is -2.45. The van der Waals surface area contributed by atoms with Crippen LogP contribution in [-0.2, 0) is 21.4 Å². The molecule has 2 atom stereocenters. The van der Waals surface area contributed by atoms with Crippen molar-refractivity contribution < 1.29 is 19.1 Å². The van der Waals surface area contributed by atoms with Gasteiger partial charge in [-0.2, -0.15) is 0 Å². The fourth-order valence-corrected chi connectivity index (χ4v) is 6.09. The molecule has 3 aromatic carbocycles. The molecule has 3 aromatic rings. The van der Waals surface area contributed by atoms with Gasteiger partial charge < -0.3 is 9.47 Å². The average Bonchev–Trinajstić information content (AvgIpc) is 3.55. The van der Waals surface area contributed by atoms with Gasteiger partial charge in [0.25, 0.3) is 0 Å². The van der Waals surface area contributed by atoms with E-state index in [1.807, 2.05) is 67.6 Å². The second kappa shape index (κ2) is 9.61. The van der Waals surface area contributed by atoms with Crippen molar-refractivity contribution in [1.82, 2.24) is 9.80 Å². The Morgan fingerprint density at radius 1 is 0.838 bits per heavy atom. The van der Waals surface area contributed by atoms with E-state index in [0.29, 0.717) is 37.3 Å². The Morgan fingerprint density at radius 2 is 1.54 bits per heavy atom. The first kappa shape index (κ1) is 23.6. The Kier molecular flexibility index (Phi) is 6.14. The van der Waals surface area contributed by atoms with E-state index in [4.69, 9.17) is 9.47 Å². The molecule has 1 fully saturated rings. The summed E-state index contributed by atoms with van der Waals surface area (Å²) in [6.45, 7) is 4.70. The molecule has 0 radical (unpaired) electrons. The molecular weight excluding hydrogens is 464 g/mol. The first-order valence-electron chi connectivity index (χ1n) is 12.8. The minimum absolute atomic E-state index is 0.0224. The molecule has 2 aliphatic heterocycles. The summed E-state index contributed by atoms with van der Waals surface area (Å²) in [7, 11) is 0. The normalized spacial score (nSPS) is 22.8. The number of hydrogen-bond donors (Lipinski definition) is 0. The second-order valence-electron chi connectivity index (χ2n) is 9.91. The van der Waals surface area contributed by atoms with Gasteiger partial charge in [0, 0.05) is 37.3 Å². The molecular formula is C31H30N2O4. The topological polar surface area (TPSA) is 59.1 Å². The molecule has 2 heterocycles. The van der Waals surface area contributed by atoms with Crippen molar-refractivity contribution in [2.45, 2.75) is 24.9 Å². The molecule has 0 aromatic heterocycles. The molecule has 0 spiro atoms. The van der Waals surface area contributed by atoms with Gasteiger partial charge in [-0.1, -0.05) is 78.9 Å². The summed E-state index contributed by atoms with van der Waals surface area (Å²) in [5.74, 6) is 0.597. The van der Waals surface area contributed by atoms with Crippen LogP contribution in [0.2, 0.25) is 0 Å². The lowest BCUT2D eigenvalue weighted by Crippen LogP contribution is -2.61. The number of nitrogens with zero attached hydrogens (tertiary/aromatic N) is 2. The number of hydrogen-bond acceptors (Lipinski definition) is 6. The molecule has 188 valence electrons. The zero-order valence-corrected chi connectivity index (χ0v) is 20.9. The van der Waals surface area contributed by atoms with Crippen molar-refractivity contribution in [2.75, 3.05) is 33.0 Å². The predicted molar refractivity (Wildman–Crippen MR) is 140 cm³/mol. The summed E-state index contributed by atoms with van der Waals surface area (Å²) in [6.07, 6.45) is 2.51. The minimum atomic E-state index is -1.33. The molecule has 1 unspecified atom stereocenters. The molecule has 6 rings (SSSR count). The van der Waals surface area contributed by atoms with E-state index < -0.39 is 5.54 Å². The summed E-state index contributed by atoms with van der Waals surface area (Å²) in [5.41, 5.74) is 2.57. The van der Waals surface area contributed by atoms with Crippen LogP contribution < -0.4 is 0 Å². The molecule has 0 saturated carbocycles. The Morgan fingerprint density at radius 3 is 2.19 bits per heavy atom. The number of rotatable bonds is 6. The van der Waals surface area contributed by atoms with Gasteiger partial charge in [0.2, 0.25) is 6.79 Å². The van der Waals surface area contributed by atoms with Gasteiger partial charge in [-0.3, -0.25) is 19.4 Å². The Balaban J connectivity index is 1.32. The van der Waals surface area contributed by atoms with Crippen molar-refractivity contribution in [1.29, 1.82) is 0 Å². The Bertz CT molecular complexity index is 1350. The fourth-order valence-electron chi connectivity index (χ4n) is 6.09. The SMILES string of the molecule is Cc1cccc2c1C(=O)[C@](c1ccccc1)(N1CCN(C(Cc3ccccc3)C3=COCO3)CC1)C2=O. The third kappa shape index (κ3) is 3.88. The highest BCUT2D eigenvalue weighted by Crippen LogP contribution is 2.44. The number of aryl methyl sites for hydroxylation is 1. The quantitative estimate of drug-likeness (QED) is 0.475. The average molecular weight is 495 g/mol. The monoisotopic (exact) mass is 494 g/mol. The van der Waals surface area contributed by atoms with Crippen LogP contribution >= 0.6 is 0 Å². The predicted octanol–water partition coefficient (Wildman–Crippen LogP) is 4.34. The summed E-state index contributed by atoms with van der Waals surface area (Å²) in [4.78, 5) is 32.8. The van der Waals surface area contributed by atoms with E-state index in [1.54, 1.807) is 12.3 Å². The second-order valence-corrected chi connectivity index (χ2v) is 9.91. The number of fused-ring (bicyclic) bond motifs is 1. The third-order valence-electron chi connectivity index (χ3n) is 7.92. The van der Waals surface area contributed by atoms with Crippen LogP contribution in [0.15, 0.2) is 90.9 Å². The molecule has 0 bridgehead atoms. The van der Waals surface area contributed by atoms with E-state index in [1.165, 1.54) is 5.56 Å². The molecule has 0 N–H and O–H groups in total. The summed E-state index contributed by atoms with van der Waals surface area (Å²) >= 11 is 0. The van der Waals surface area contributed by atoms with Crippen molar-refractivity contribution >= 4 is 11.6 Å². The molecule has 6 heteroatoms. The summed E-state index contributed by atoms with van der Waals surface area (Å²) in [5, 5.41) is 0. The maximum atomic E-state index is 14.2. The molecule has 37 heavy (non-hydrogen) atoms. The maximum absolute atomic E-state index is 14.2. The number of ether oxygens (including phenoxy) is 2. The van der Waals surface area contributed by atoms with Gasteiger partial charge in [-0.15, -0.1) is 0 Å². The van der Waals surface area contributed by atoms with Crippen molar-refractivity contribution in [3.63, 3.8) is 0 Å². The van der Waals surface area contributed by atoms with Crippen molar-refractivity contribution in [2.24, 2.45) is 0 Å². The highest BCUT2D eigenvalue weighted by molar-refractivity contribution is 6.33. The van der Waals surface area contributed by atoms with Crippen LogP contribution in [0.25, 0.3) is 0 Å². The largest absolute Gasteiger partial charge is 0.462 e. The molecule has 3 aliphatic rings. The van der Waals surface area contributed by atoms with Gasteiger partial charge in [0.05, 0.1) is 6.04 Å². The zero-order valence-electron chi connectivity index (χ0n) is 20.9. The fraction of sp³-hybridized carbons (Fsp3) is 0.290. The number of benzene rings is 3. The van der Waals surface area contributed by atoms with E-state index in [2.05, 4.69) is 21.9 Å². The standard InChI is InChI=1S/C31H30N2O4/c1-22-9-8-14-25-28(22)30(35)31(29(25)34,24-12-6-3-7-13-24)33-17-15-32(16-18-33)26(27-20-36-21-37-27)19-23-10-4-2-5-11-23/h2-14,20,26H,15-19,21H2,1H3/t26?,31-/m1/s1. The van der Waals surface area contributed by atoms with Gasteiger partial charge in [-0.25, -0.2) is 0 Å². The van der Waals surface area contributed by atoms with Crippen LogP contribution in [0.3, 0.4) is 0 Å². The van der Waals surface area contributed by atoms with Crippen LogP contribution in [0, 0.1) is 6.92 Å². The first-order chi connectivity index (χ1) is 18.1. The Labute approximate surface area is 217 Å². The van der Waals surface area contributed by atoms with Gasteiger partial charge >= 0.3 is 0 Å². The smallest absolute Gasteiger partial charge is 0.229 e. The van der Waals surface area contributed by atoms with Crippen molar-refractivity contribution in [3.8, 4) is 0 Å². The van der Waals surface area contributed by atoms with Gasteiger partial charge in [0.15, 0.2) is 22.9 Å². The maximum Gasteiger partial charge on any atom is 0.229 e. The van der Waals surface area contributed by atoms with E-state index in [0.717, 1.165) is 23.3 Å². The third-order valence-corrected chi connectivity index (χ3v) is 7.92. The molecule has 1 saturated heterocycles.